The molecule has 0 saturated carbocycles. The summed E-state index contributed by atoms with van der Waals surface area (Å²) in [4.78, 5) is 0. The fourth-order valence-electron chi connectivity index (χ4n) is 3.70. The van der Waals surface area contributed by atoms with E-state index in [2.05, 4.69) is 9.47 Å². The van der Waals surface area contributed by atoms with Crippen LogP contribution in [0.1, 0.15) is 11.1 Å². The predicted molar refractivity (Wildman–Crippen MR) is 126 cm³/mol. The van der Waals surface area contributed by atoms with Crippen LogP contribution in [0, 0.1) is 93.1 Å². The van der Waals surface area contributed by atoms with Crippen LogP contribution in [-0.2, 0) is 12.4 Å². The number of halogens is 22. The Morgan fingerprint density at radius 3 is 0.615 bits per heavy atom. The van der Waals surface area contributed by atoms with Gasteiger partial charge >= 0.3 is 281 Å². The predicted octanol–water partition coefficient (Wildman–Crippen LogP) is 8.81. The maximum absolute atomic E-state index is 14.7. The summed E-state index contributed by atoms with van der Waals surface area (Å²) in [5, 5.41) is 0. The average Bonchev–Trinajstić information content (AvgIpc) is 3.04. The summed E-state index contributed by atoms with van der Waals surface area (Å²) in [5.41, 5.74) is -6.39. The Hall–Kier alpha value is -4.02. The average molecular weight is 920 g/mol. The van der Waals surface area contributed by atoms with E-state index >= 15 is 0 Å². The number of rotatable bonds is 7. The van der Waals surface area contributed by atoms with Crippen molar-refractivity contribution >= 4 is 35.2 Å². The molecule has 4 aromatic rings. The molecule has 0 aliphatic rings. The molecule has 0 bridgehead atoms. The van der Waals surface area contributed by atoms with Gasteiger partial charge in [0.1, 0.15) is 0 Å². The second-order valence-corrected chi connectivity index (χ2v) is 15.2. The van der Waals surface area contributed by atoms with Crippen LogP contribution in [0.25, 0.3) is 0 Å². The minimum atomic E-state index is -6.10. The molecule has 0 aliphatic heterocycles. The van der Waals surface area contributed by atoms with E-state index in [0.717, 1.165) is 0 Å². The zero-order valence-corrected chi connectivity index (χ0v) is 26.4. The first kappa shape index (κ1) is 40.7. The number of hydrogen-bond donors (Lipinski definition) is 0. The van der Waals surface area contributed by atoms with Crippen LogP contribution in [0.4, 0.5) is 96.6 Å². The van der Waals surface area contributed by atoms with Gasteiger partial charge in [-0.1, -0.05) is 0 Å². The molecule has 0 unspecified atom stereocenters. The van der Waals surface area contributed by atoms with E-state index in [4.69, 9.17) is 0 Å². The van der Waals surface area contributed by atoms with Gasteiger partial charge in [-0.15, -0.1) is 0 Å². The van der Waals surface area contributed by atoms with Crippen molar-refractivity contribution in [1.29, 1.82) is 0 Å². The number of hydrogen-bond acceptors (Lipinski definition) is 2. The Morgan fingerprint density at radius 2 is 0.442 bits per heavy atom. The molecule has 0 N–H and O–H groups in total. The molecule has 26 heteroatoms. The summed E-state index contributed by atoms with van der Waals surface area (Å²) in [5.74, 6) is -58.1. The second-order valence-electron chi connectivity index (χ2n) is 9.11. The van der Waals surface area contributed by atoms with Crippen molar-refractivity contribution in [2.45, 2.75) is 12.4 Å². The molecule has 0 amide bonds. The molecule has 4 rings (SSSR count). The molecule has 0 aromatic heterocycles. The van der Waals surface area contributed by atoms with Crippen LogP contribution in [0.3, 0.4) is 0 Å². The molecule has 0 atom stereocenters. The maximum atomic E-state index is 14.7. The Balaban J connectivity index is 1.72. The van der Waals surface area contributed by atoms with Gasteiger partial charge in [-0.3, -0.25) is 0 Å². The molecular formula is C26F22O2Se2. The van der Waals surface area contributed by atoms with E-state index in [1.165, 1.54) is 0 Å². The third kappa shape index (κ3) is 6.80. The van der Waals surface area contributed by atoms with Gasteiger partial charge in [0.25, 0.3) is 0 Å². The summed E-state index contributed by atoms with van der Waals surface area (Å²) < 4.78 is 310. The van der Waals surface area contributed by atoms with Gasteiger partial charge in [0.15, 0.2) is 0 Å². The van der Waals surface area contributed by atoms with Gasteiger partial charge in [0, 0.05) is 0 Å². The van der Waals surface area contributed by atoms with Crippen LogP contribution in [0.15, 0.2) is 0 Å². The van der Waals surface area contributed by atoms with E-state index in [9.17, 15) is 96.6 Å². The first-order chi connectivity index (χ1) is 23.8. The summed E-state index contributed by atoms with van der Waals surface area (Å²) in [7, 11) is 0. The first-order valence-electron chi connectivity index (χ1n) is 12.0. The quantitative estimate of drug-likeness (QED) is 0.105. The van der Waals surface area contributed by atoms with E-state index < -0.39 is 175 Å². The van der Waals surface area contributed by atoms with Crippen LogP contribution < -0.4 is 18.4 Å². The molecule has 2 nitrogen and oxygen atoms in total. The Bertz CT molecular complexity index is 1880. The molecule has 0 aliphatic carbocycles. The molecule has 52 heavy (non-hydrogen) atoms. The van der Waals surface area contributed by atoms with Gasteiger partial charge in [-0.05, 0) is 0 Å². The summed E-state index contributed by atoms with van der Waals surface area (Å²) >= 11 is -4.88. The molecule has 0 fully saturated rings. The van der Waals surface area contributed by atoms with Crippen molar-refractivity contribution in [2.75, 3.05) is 0 Å². The molecule has 0 heterocycles. The van der Waals surface area contributed by atoms with Gasteiger partial charge in [-0.25, -0.2) is 0 Å². The second kappa shape index (κ2) is 14.1. The molecule has 0 spiro atoms. The van der Waals surface area contributed by atoms with Crippen LogP contribution in [-0.4, -0.2) is 26.3 Å². The standard InChI is InChI=1S/C26F22O2Se2/c27-3-1(25(43,44)45)4(28)8(32)19(7(3)31)49-21-11(35)15(39)23(16(40)12(21)36)51-52-24-17(41)13(37)22(14(38)18(24)42)50-20-9(33)5(29)2(26(46,47)48)6(30)10(20)34. The van der Waals surface area contributed by atoms with Crippen molar-refractivity contribution in [2.24, 2.45) is 0 Å². The fourth-order valence-corrected chi connectivity index (χ4v) is 10.4. The fraction of sp³-hybridized carbons (Fsp3) is 0.0769. The normalized spacial score (nSPS) is 12.2. The zero-order chi connectivity index (χ0) is 39.7. The number of alkyl halides is 6. The molecule has 282 valence electrons. The van der Waals surface area contributed by atoms with Gasteiger partial charge in [0.2, 0.25) is 0 Å². The SMILES string of the molecule is Fc1c(F)c([Se][Se]c2c(F)c(F)c(Oc3c(F)c(F)c(C(F)(F)F)c(F)c3F)c(F)c2F)c(F)c(F)c1Oc1c(F)c(F)c(C(F)(F)F)c(F)c1F. The number of ether oxygens (including phenoxy) is 2. The summed E-state index contributed by atoms with van der Waals surface area (Å²) in [6.45, 7) is 0. The first-order valence-corrected chi connectivity index (χ1v) is 18.1. The monoisotopic (exact) mass is 922 g/mol. The van der Waals surface area contributed by atoms with E-state index in [1.54, 1.807) is 0 Å². The zero-order valence-electron chi connectivity index (χ0n) is 22.9. The Morgan fingerprint density at radius 1 is 0.269 bits per heavy atom. The molecular weight excluding hydrogens is 920 g/mol. The molecule has 4 aromatic carbocycles. The van der Waals surface area contributed by atoms with Crippen molar-refractivity contribution < 1.29 is 106 Å². The van der Waals surface area contributed by atoms with Gasteiger partial charge < -0.3 is 0 Å². The van der Waals surface area contributed by atoms with Crippen LogP contribution >= 0.6 is 0 Å². The third-order valence-electron chi connectivity index (χ3n) is 6.00. The van der Waals surface area contributed by atoms with Gasteiger partial charge in [-0.2, -0.15) is 0 Å². The Labute approximate surface area is 280 Å². The van der Waals surface area contributed by atoms with Crippen molar-refractivity contribution in [3.8, 4) is 23.0 Å². The van der Waals surface area contributed by atoms with Crippen molar-refractivity contribution in [1.82, 2.24) is 0 Å². The van der Waals surface area contributed by atoms with Crippen molar-refractivity contribution in [3.63, 3.8) is 0 Å². The third-order valence-corrected chi connectivity index (χ3v) is 12.9. The number of benzene rings is 4. The topological polar surface area (TPSA) is 18.5 Å². The van der Waals surface area contributed by atoms with Crippen LogP contribution in [0.5, 0.6) is 23.0 Å². The molecule has 0 saturated heterocycles. The minimum absolute atomic E-state index is 1.89. The summed E-state index contributed by atoms with van der Waals surface area (Å²) in [6.07, 6.45) is -12.2. The van der Waals surface area contributed by atoms with Crippen molar-refractivity contribution in [3.05, 3.63) is 104 Å². The van der Waals surface area contributed by atoms with E-state index in [1.807, 2.05) is 0 Å². The van der Waals surface area contributed by atoms with E-state index in [0.29, 0.717) is 0 Å². The Kier molecular flexibility index (Phi) is 11.0. The van der Waals surface area contributed by atoms with Gasteiger partial charge in [0.05, 0.1) is 0 Å². The summed E-state index contributed by atoms with van der Waals surface area (Å²) in [6, 6.07) is 0. The van der Waals surface area contributed by atoms with Crippen LogP contribution in [0.2, 0.25) is 0 Å². The van der Waals surface area contributed by atoms with E-state index in [-0.39, 0.29) is 0 Å². The molecule has 0 radical (unpaired) electrons.